The van der Waals surface area contributed by atoms with Crippen LogP contribution in [0.1, 0.15) is 24.3 Å². The number of fused-ring (bicyclic) bond motifs is 5. The lowest BCUT2D eigenvalue weighted by Gasteiger charge is -2.38. The van der Waals surface area contributed by atoms with Crippen LogP contribution in [-0.2, 0) is 14.3 Å². The van der Waals surface area contributed by atoms with E-state index in [-0.39, 0.29) is 48.1 Å². The van der Waals surface area contributed by atoms with Crippen molar-refractivity contribution in [1.29, 1.82) is 0 Å². The van der Waals surface area contributed by atoms with Crippen LogP contribution in [0.4, 0.5) is 0 Å². The van der Waals surface area contributed by atoms with Crippen LogP contribution in [-0.4, -0.2) is 60.0 Å². The van der Waals surface area contributed by atoms with Gasteiger partial charge in [-0.25, -0.2) is 0 Å². The van der Waals surface area contributed by atoms with E-state index in [0.29, 0.717) is 24.3 Å². The van der Waals surface area contributed by atoms with Crippen molar-refractivity contribution in [3.05, 3.63) is 35.9 Å². The maximum atomic E-state index is 12.4. The van der Waals surface area contributed by atoms with Crippen molar-refractivity contribution in [2.75, 3.05) is 13.7 Å². The zero-order chi connectivity index (χ0) is 15.3. The summed E-state index contributed by atoms with van der Waals surface area (Å²) in [6, 6.07) is 10.1. The lowest BCUT2D eigenvalue weighted by molar-refractivity contribution is -0.156. The smallest absolute Gasteiger partial charge is 0.316 e. The molecule has 1 N–H and O–H groups in total. The summed E-state index contributed by atoms with van der Waals surface area (Å²) < 4.78 is 11.4. The third-order valence-corrected chi connectivity index (χ3v) is 5.33. The predicted octanol–water partition coefficient (Wildman–Crippen LogP) is 1.92. The van der Waals surface area contributed by atoms with Gasteiger partial charge in [0.1, 0.15) is 24.2 Å². The molecule has 3 aliphatic rings. The highest BCUT2D eigenvalue weighted by Crippen LogP contribution is 2.48. The molecule has 4 rings (SSSR count). The molecule has 0 spiro atoms. The molecule has 0 unspecified atom stereocenters. The van der Waals surface area contributed by atoms with Crippen LogP contribution >= 0.6 is 29.4 Å². The normalized spacial score (nSPS) is 34.3. The highest BCUT2D eigenvalue weighted by atomic mass is 79.9. The Morgan fingerprint density at radius 1 is 1.29 bits per heavy atom. The monoisotopic (exact) mass is 419 g/mol. The number of halogens is 2. The lowest BCUT2D eigenvalue weighted by atomic mass is 9.97. The first kappa shape index (κ1) is 19.7. The Balaban J connectivity index is 0.00000104. The van der Waals surface area contributed by atoms with Gasteiger partial charge in [0.05, 0.1) is 6.61 Å². The van der Waals surface area contributed by atoms with E-state index in [4.69, 9.17) is 9.47 Å². The van der Waals surface area contributed by atoms with Crippen LogP contribution in [0.25, 0.3) is 0 Å². The molecule has 0 aliphatic carbocycles. The highest BCUT2D eigenvalue weighted by Gasteiger charge is 2.62. The van der Waals surface area contributed by atoms with Gasteiger partial charge in [0.15, 0.2) is 0 Å². The van der Waals surface area contributed by atoms with Crippen molar-refractivity contribution in [2.45, 2.75) is 49.2 Å². The molecule has 3 fully saturated rings. The third-order valence-electron chi connectivity index (χ3n) is 5.33. The quantitative estimate of drug-likeness (QED) is 0.596. The predicted molar refractivity (Wildman–Crippen MR) is 97.0 cm³/mol. The van der Waals surface area contributed by atoms with E-state index in [9.17, 15) is 9.90 Å². The summed E-state index contributed by atoms with van der Waals surface area (Å²) in [6.07, 6.45) is 2.26. The number of esters is 1. The molecular formula is C17H23BrClNO4. The topological polar surface area (TPSA) is 62.3 Å². The summed E-state index contributed by atoms with van der Waals surface area (Å²) in [5.74, 6) is -0.915. The number of carbonyl (C=O) groups is 1. The molecule has 0 aromatic heterocycles. The van der Waals surface area contributed by atoms with Gasteiger partial charge in [0, 0.05) is 24.9 Å². The second-order valence-corrected chi connectivity index (χ2v) is 6.54. The van der Waals surface area contributed by atoms with E-state index in [1.54, 1.807) is 0 Å². The fourth-order valence-electron chi connectivity index (χ4n) is 4.04. The molecule has 3 aliphatic heterocycles. The van der Waals surface area contributed by atoms with E-state index < -0.39 is 5.92 Å². The number of aliphatic hydroxyl groups is 1. The molecule has 134 valence electrons. The van der Waals surface area contributed by atoms with Crippen LogP contribution < -0.4 is 0 Å². The first-order valence-corrected chi connectivity index (χ1v) is 7.92. The first-order chi connectivity index (χ1) is 10.7. The Kier molecular flexibility index (Phi) is 6.31. The van der Waals surface area contributed by atoms with Gasteiger partial charge in [-0.05, 0) is 12.6 Å². The van der Waals surface area contributed by atoms with Gasteiger partial charge in [-0.2, -0.15) is 0 Å². The average Bonchev–Trinajstić information content (AvgIpc) is 3.27. The fourth-order valence-corrected chi connectivity index (χ4v) is 4.04. The van der Waals surface area contributed by atoms with Crippen molar-refractivity contribution in [3.8, 4) is 0 Å². The van der Waals surface area contributed by atoms with Gasteiger partial charge >= 0.3 is 5.97 Å². The van der Waals surface area contributed by atoms with Crippen molar-refractivity contribution in [2.24, 2.45) is 0 Å². The molecule has 3 heterocycles. The summed E-state index contributed by atoms with van der Waals surface area (Å²) >= 11 is 0. The molecule has 7 heteroatoms. The molecule has 3 saturated heterocycles. The number of carbonyl (C=O) groups excluding carboxylic acids is 1. The van der Waals surface area contributed by atoms with Gasteiger partial charge in [-0.15, -0.1) is 29.4 Å². The number of epoxide rings is 1. The molecule has 5 nitrogen and oxygen atoms in total. The van der Waals surface area contributed by atoms with Crippen molar-refractivity contribution >= 4 is 35.4 Å². The summed E-state index contributed by atoms with van der Waals surface area (Å²) in [5, 5.41) is 9.56. The number of piperidine rings is 1. The van der Waals surface area contributed by atoms with Gasteiger partial charge in [0.25, 0.3) is 0 Å². The minimum atomic E-state index is -0.593. The van der Waals surface area contributed by atoms with Crippen LogP contribution in [0.5, 0.6) is 0 Å². The number of nitrogens with zero attached hydrogens (tertiary/aromatic N) is 1. The Morgan fingerprint density at radius 3 is 2.42 bits per heavy atom. The summed E-state index contributed by atoms with van der Waals surface area (Å²) in [7, 11) is 2.13. The van der Waals surface area contributed by atoms with E-state index in [2.05, 4.69) is 11.9 Å². The number of rotatable bonds is 4. The van der Waals surface area contributed by atoms with Crippen LogP contribution in [0.3, 0.4) is 0 Å². The second kappa shape index (κ2) is 7.70. The Labute approximate surface area is 158 Å². The molecule has 0 amide bonds. The summed E-state index contributed by atoms with van der Waals surface area (Å²) in [4.78, 5) is 14.8. The van der Waals surface area contributed by atoms with E-state index in [0.717, 1.165) is 18.4 Å². The molecular weight excluding hydrogens is 398 g/mol. The number of aliphatic hydroxyl groups excluding tert-OH is 1. The average molecular weight is 421 g/mol. The minimum Gasteiger partial charge on any atom is -0.462 e. The molecule has 2 bridgehead atoms. The van der Waals surface area contributed by atoms with Crippen molar-refractivity contribution in [1.82, 2.24) is 4.90 Å². The van der Waals surface area contributed by atoms with Gasteiger partial charge in [-0.1, -0.05) is 30.3 Å². The van der Waals surface area contributed by atoms with E-state index in [1.165, 1.54) is 0 Å². The number of likely N-dealkylation sites (N-methyl/N-ethyl adjacent to an activating group) is 1. The Morgan fingerprint density at radius 2 is 1.88 bits per heavy atom. The van der Waals surface area contributed by atoms with Gasteiger partial charge in [-0.3, -0.25) is 9.69 Å². The van der Waals surface area contributed by atoms with Crippen LogP contribution in [0, 0.1) is 0 Å². The Bertz CT molecular complexity index is 557. The molecule has 24 heavy (non-hydrogen) atoms. The zero-order valence-corrected chi connectivity index (χ0v) is 15.9. The number of hydrogen-bond donors (Lipinski definition) is 1. The van der Waals surface area contributed by atoms with E-state index >= 15 is 0 Å². The highest BCUT2D eigenvalue weighted by molar-refractivity contribution is 8.93. The SMILES string of the molecule is Br.CN1[C@@H]2C[C@@H](OC(=O)[C@H](CO)c3ccccc3)C[C@H]1[C@@H]1O[C@@H]12.Cl. The van der Waals surface area contributed by atoms with Crippen LogP contribution in [0.15, 0.2) is 30.3 Å². The molecule has 1 aromatic rings. The fraction of sp³-hybridized carbons (Fsp3) is 0.588. The van der Waals surface area contributed by atoms with Gasteiger partial charge < -0.3 is 14.6 Å². The first-order valence-electron chi connectivity index (χ1n) is 7.92. The minimum absolute atomic E-state index is 0. The van der Waals surface area contributed by atoms with Crippen molar-refractivity contribution in [3.63, 3.8) is 0 Å². The summed E-state index contributed by atoms with van der Waals surface area (Å²) in [5.41, 5.74) is 0.803. The molecule has 0 radical (unpaired) electrons. The van der Waals surface area contributed by atoms with Gasteiger partial charge in [0.2, 0.25) is 0 Å². The van der Waals surface area contributed by atoms with Crippen molar-refractivity contribution < 1.29 is 19.4 Å². The third kappa shape index (κ3) is 3.35. The largest absolute Gasteiger partial charge is 0.462 e. The zero-order valence-electron chi connectivity index (χ0n) is 13.4. The Hall–Kier alpha value is -0.660. The number of benzene rings is 1. The lowest BCUT2D eigenvalue weighted by Crippen LogP contribution is -2.48. The maximum absolute atomic E-state index is 12.4. The molecule has 1 aromatic carbocycles. The molecule has 6 atom stereocenters. The summed E-state index contributed by atoms with van der Waals surface area (Å²) in [6.45, 7) is -0.226. The number of morpholine rings is 1. The van der Waals surface area contributed by atoms with E-state index in [1.807, 2.05) is 30.3 Å². The molecule has 0 saturated carbocycles. The number of ether oxygens (including phenoxy) is 2. The number of hydrogen-bond acceptors (Lipinski definition) is 5. The maximum Gasteiger partial charge on any atom is 0.316 e. The van der Waals surface area contributed by atoms with Crippen LogP contribution in [0.2, 0.25) is 0 Å². The second-order valence-electron chi connectivity index (χ2n) is 6.54. The standard InChI is InChI=1S/C17H21NO4.BrH.ClH/c1-18-13-7-11(8-14(18)16-15(13)22-16)21-17(20)12(9-19)10-5-3-2-4-6-10;;/h2-6,11-16,19H,7-9H2,1H3;2*1H/t11-,12-,13-,14+,15-,16+;;/m1../s1.